The summed E-state index contributed by atoms with van der Waals surface area (Å²) in [5.41, 5.74) is 2.51. The molecule has 0 aliphatic rings. The Kier molecular flexibility index (Phi) is 7.29. The molecule has 2 rings (SSSR count). The third-order valence-electron chi connectivity index (χ3n) is 5.27. The summed E-state index contributed by atoms with van der Waals surface area (Å²) in [4.78, 5) is 2.42. The van der Waals surface area contributed by atoms with Crippen molar-refractivity contribution in [3.05, 3.63) is 71.8 Å². The van der Waals surface area contributed by atoms with Crippen LogP contribution in [0.3, 0.4) is 0 Å². The molecule has 2 aromatic carbocycles. The van der Waals surface area contributed by atoms with Crippen LogP contribution in [0.5, 0.6) is 0 Å². The number of nitrogens with zero attached hydrogens (tertiary/aromatic N) is 1. The van der Waals surface area contributed by atoms with Gasteiger partial charge in [-0.2, -0.15) is 0 Å². The van der Waals surface area contributed by atoms with Crippen LogP contribution in [-0.4, -0.2) is 25.0 Å². The molecule has 0 saturated heterocycles. The highest BCUT2D eigenvalue weighted by Gasteiger charge is 2.33. The summed E-state index contributed by atoms with van der Waals surface area (Å²) < 4.78 is 0. The molecular weight excluding hydrogens is 302 g/mol. The number of hydrogen-bond donors (Lipinski definition) is 0. The molecule has 0 fully saturated rings. The fraction of sp³-hybridized carbons (Fsp3) is 0.417. The number of hydrogen-bond acceptors (Lipinski definition) is 1. The molecule has 0 radical (unpaired) electrons. The van der Waals surface area contributed by atoms with Gasteiger partial charge < -0.3 is 4.90 Å². The zero-order valence-corrected chi connectivity index (χ0v) is 15.9. The van der Waals surface area contributed by atoms with Crippen LogP contribution in [-0.2, 0) is 11.8 Å². The minimum atomic E-state index is -0.165. The average molecular weight is 334 g/mol. The van der Waals surface area contributed by atoms with Gasteiger partial charge in [0.2, 0.25) is 0 Å². The van der Waals surface area contributed by atoms with Crippen LogP contribution in [0.25, 0.3) is 0 Å². The van der Waals surface area contributed by atoms with E-state index in [0.29, 0.717) is 5.92 Å². The van der Waals surface area contributed by atoms with Crippen molar-refractivity contribution in [1.82, 2.24) is 4.90 Å². The zero-order valence-electron chi connectivity index (χ0n) is 15.9. The molecule has 1 nitrogen and oxygen atoms in total. The molecule has 1 heteroatoms. The first kappa shape index (κ1) is 19.3. The van der Waals surface area contributed by atoms with Crippen molar-refractivity contribution in [3.63, 3.8) is 0 Å². The molecular formula is C24H31N. The molecule has 0 N–H and O–H groups in total. The van der Waals surface area contributed by atoms with Crippen LogP contribution >= 0.6 is 0 Å². The maximum atomic E-state index is 6.03. The molecule has 132 valence electrons. The lowest BCUT2D eigenvalue weighted by molar-refractivity contribution is 0.295. The van der Waals surface area contributed by atoms with E-state index >= 15 is 0 Å². The van der Waals surface area contributed by atoms with Gasteiger partial charge in [0, 0.05) is 6.54 Å². The highest BCUT2D eigenvalue weighted by molar-refractivity contribution is 5.35. The van der Waals surface area contributed by atoms with E-state index in [1.165, 1.54) is 11.1 Å². The summed E-state index contributed by atoms with van der Waals surface area (Å²) in [6.07, 6.45) is 9.27. The quantitative estimate of drug-likeness (QED) is 0.572. The Morgan fingerprint density at radius 2 is 1.56 bits per heavy atom. The number of benzene rings is 2. The Labute approximate surface area is 154 Å². The first-order valence-corrected chi connectivity index (χ1v) is 9.34. The standard InChI is InChI=1S/C24H31N/c1-5-24(21(2)3,23-15-10-7-11-16-23)18-12-19-25(4)20-17-22-13-8-6-9-14-22/h1,6-11,13-16,21H,12,17-20H2,2-4H3/t24-/m1/s1. The van der Waals surface area contributed by atoms with E-state index in [2.05, 4.69) is 92.4 Å². The molecule has 0 aromatic heterocycles. The van der Waals surface area contributed by atoms with Gasteiger partial charge in [-0.15, -0.1) is 6.42 Å². The molecule has 1 atom stereocenters. The van der Waals surface area contributed by atoms with E-state index in [1.807, 2.05) is 0 Å². The van der Waals surface area contributed by atoms with Gasteiger partial charge in [0.25, 0.3) is 0 Å². The number of likely N-dealkylation sites (N-methyl/N-ethyl adjacent to an activating group) is 1. The van der Waals surface area contributed by atoms with Gasteiger partial charge in [0.05, 0.1) is 5.41 Å². The molecule has 2 aromatic rings. The largest absolute Gasteiger partial charge is 0.306 e. The van der Waals surface area contributed by atoms with Crippen molar-refractivity contribution in [2.75, 3.05) is 20.1 Å². The Morgan fingerprint density at radius 3 is 2.12 bits per heavy atom. The molecule has 0 saturated carbocycles. The lowest BCUT2D eigenvalue weighted by Gasteiger charge is -2.34. The van der Waals surface area contributed by atoms with Gasteiger partial charge in [-0.05, 0) is 49.9 Å². The molecule has 25 heavy (non-hydrogen) atoms. The second-order valence-corrected chi connectivity index (χ2v) is 7.28. The summed E-state index contributed by atoms with van der Waals surface area (Å²) in [5.74, 6) is 3.57. The molecule has 0 heterocycles. The SMILES string of the molecule is C#C[C@](CCCN(C)CCc1ccccc1)(c1ccccc1)C(C)C. The summed E-state index contributed by atoms with van der Waals surface area (Å²) in [7, 11) is 2.21. The van der Waals surface area contributed by atoms with Crippen LogP contribution in [0.4, 0.5) is 0 Å². The van der Waals surface area contributed by atoms with E-state index in [1.54, 1.807) is 0 Å². The predicted molar refractivity (Wildman–Crippen MR) is 109 cm³/mol. The Bertz CT molecular complexity index is 653. The minimum absolute atomic E-state index is 0.165. The fourth-order valence-corrected chi connectivity index (χ4v) is 3.53. The zero-order chi connectivity index (χ0) is 18.1. The lowest BCUT2D eigenvalue weighted by Crippen LogP contribution is -2.32. The average Bonchev–Trinajstić information content (AvgIpc) is 2.65. The van der Waals surface area contributed by atoms with Crippen molar-refractivity contribution in [2.24, 2.45) is 5.92 Å². The maximum Gasteiger partial charge on any atom is 0.0583 e. The normalized spacial score (nSPS) is 13.6. The van der Waals surface area contributed by atoms with Crippen molar-refractivity contribution in [3.8, 4) is 12.3 Å². The number of rotatable bonds is 9. The van der Waals surface area contributed by atoms with E-state index in [4.69, 9.17) is 6.42 Å². The van der Waals surface area contributed by atoms with Gasteiger partial charge in [-0.25, -0.2) is 0 Å². The van der Waals surface area contributed by atoms with Crippen LogP contribution < -0.4 is 0 Å². The molecule has 0 spiro atoms. The van der Waals surface area contributed by atoms with Crippen LogP contribution in [0.2, 0.25) is 0 Å². The van der Waals surface area contributed by atoms with Crippen molar-refractivity contribution in [2.45, 2.75) is 38.5 Å². The fourth-order valence-electron chi connectivity index (χ4n) is 3.53. The summed E-state index contributed by atoms with van der Waals surface area (Å²) >= 11 is 0. The first-order valence-electron chi connectivity index (χ1n) is 9.34. The first-order chi connectivity index (χ1) is 12.1. The lowest BCUT2D eigenvalue weighted by atomic mass is 9.69. The third-order valence-corrected chi connectivity index (χ3v) is 5.27. The Balaban J connectivity index is 1.90. The molecule has 0 bridgehead atoms. The summed E-state index contributed by atoms with van der Waals surface area (Å²) in [6, 6.07) is 21.3. The van der Waals surface area contributed by atoms with E-state index < -0.39 is 0 Å². The van der Waals surface area contributed by atoms with Gasteiger partial charge in [-0.3, -0.25) is 0 Å². The smallest absolute Gasteiger partial charge is 0.0583 e. The Hall–Kier alpha value is -2.04. The third kappa shape index (κ3) is 5.21. The van der Waals surface area contributed by atoms with Gasteiger partial charge in [-0.1, -0.05) is 80.4 Å². The molecule has 0 aliphatic heterocycles. The molecule has 0 aliphatic carbocycles. The summed E-state index contributed by atoms with van der Waals surface area (Å²) in [5, 5.41) is 0. The highest BCUT2D eigenvalue weighted by atomic mass is 15.1. The molecule has 0 unspecified atom stereocenters. The predicted octanol–water partition coefficient (Wildman–Crippen LogP) is 5.17. The van der Waals surface area contributed by atoms with Crippen molar-refractivity contribution in [1.29, 1.82) is 0 Å². The van der Waals surface area contributed by atoms with Crippen molar-refractivity contribution >= 4 is 0 Å². The highest BCUT2D eigenvalue weighted by Crippen LogP contribution is 2.36. The van der Waals surface area contributed by atoms with E-state index in [-0.39, 0.29) is 5.41 Å². The van der Waals surface area contributed by atoms with Crippen molar-refractivity contribution < 1.29 is 0 Å². The van der Waals surface area contributed by atoms with Crippen LogP contribution in [0, 0.1) is 18.3 Å². The van der Waals surface area contributed by atoms with Crippen LogP contribution in [0.15, 0.2) is 60.7 Å². The maximum absolute atomic E-state index is 6.03. The molecule has 0 amide bonds. The second-order valence-electron chi connectivity index (χ2n) is 7.28. The number of terminal acetylenes is 1. The summed E-state index contributed by atoms with van der Waals surface area (Å²) in [6.45, 7) is 6.65. The second kappa shape index (κ2) is 9.44. The van der Waals surface area contributed by atoms with E-state index in [9.17, 15) is 0 Å². The van der Waals surface area contributed by atoms with Crippen LogP contribution in [0.1, 0.15) is 37.8 Å². The van der Waals surface area contributed by atoms with Gasteiger partial charge in [0.15, 0.2) is 0 Å². The van der Waals surface area contributed by atoms with Gasteiger partial charge in [0.1, 0.15) is 0 Å². The van der Waals surface area contributed by atoms with E-state index in [0.717, 1.165) is 32.4 Å². The van der Waals surface area contributed by atoms with Gasteiger partial charge >= 0.3 is 0 Å². The Morgan fingerprint density at radius 1 is 0.960 bits per heavy atom. The monoisotopic (exact) mass is 333 g/mol. The topological polar surface area (TPSA) is 3.24 Å². The minimum Gasteiger partial charge on any atom is -0.306 e.